The maximum Gasteiger partial charge on any atom is 0.278 e. The topological polar surface area (TPSA) is 86.5 Å². The molecule has 1 heterocycles. The van der Waals surface area contributed by atoms with E-state index in [4.69, 9.17) is 9.47 Å². The fourth-order valence-corrected chi connectivity index (χ4v) is 2.81. The Hall–Kier alpha value is -3.35. The smallest absolute Gasteiger partial charge is 0.278 e. The van der Waals surface area contributed by atoms with E-state index in [1.54, 1.807) is 31.5 Å². The number of nitro groups is 1. The highest BCUT2D eigenvalue weighted by molar-refractivity contribution is 5.96. The molecule has 0 bridgehead atoms. The van der Waals surface area contributed by atoms with Crippen molar-refractivity contribution < 1.29 is 14.4 Å². The van der Waals surface area contributed by atoms with Crippen molar-refractivity contribution in [1.29, 1.82) is 0 Å². The molecule has 0 spiro atoms. The summed E-state index contributed by atoms with van der Waals surface area (Å²) in [6.07, 6.45) is 2.55. The molecular weight excluding hydrogens is 346 g/mol. The first-order chi connectivity index (χ1) is 13.1. The molecule has 3 aromatic rings. The molecule has 0 atom stereocenters. The Morgan fingerprint density at radius 3 is 2.78 bits per heavy atom. The first-order valence-electron chi connectivity index (χ1n) is 8.69. The molecule has 0 aliphatic heterocycles. The lowest BCUT2D eigenvalue weighted by atomic mass is 10.1. The van der Waals surface area contributed by atoms with Crippen molar-refractivity contribution in [2.45, 2.75) is 19.9 Å². The van der Waals surface area contributed by atoms with Crippen LogP contribution in [0.15, 0.2) is 48.7 Å². The van der Waals surface area contributed by atoms with Crippen LogP contribution < -0.4 is 14.8 Å². The Morgan fingerprint density at radius 1 is 1.19 bits per heavy atom. The Kier molecular flexibility index (Phi) is 5.71. The quantitative estimate of drug-likeness (QED) is 0.464. The fraction of sp³-hybridized carbons (Fsp3) is 0.250. The molecule has 0 saturated carbocycles. The summed E-state index contributed by atoms with van der Waals surface area (Å²) >= 11 is 0. The molecular formula is C20H21N3O4. The van der Waals surface area contributed by atoms with Crippen LogP contribution in [0.5, 0.6) is 11.5 Å². The van der Waals surface area contributed by atoms with E-state index in [1.807, 2.05) is 25.1 Å². The average molecular weight is 367 g/mol. The molecule has 140 valence electrons. The molecule has 1 N–H and O–H groups in total. The average Bonchev–Trinajstić information content (AvgIpc) is 2.70. The van der Waals surface area contributed by atoms with Crippen LogP contribution >= 0.6 is 0 Å². The molecule has 0 saturated heterocycles. The lowest BCUT2D eigenvalue weighted by molar-refractivity contribution is -0.383. The Labute approximate surface area is 157 Å². The Morgan fingerprint density at radius 2 is 2.04 bits per heavy atom. The van der Waals surface area contributed by atoms with Crippen molar-refractivity contribution in [3.63, 3.8) is 0 Å². The van der Waals surface area contributed by atoms with Gasteiger partial charge in [-0.05, 0) is 42.3 Å². The number of non-ortho nitro benzene ring substituents is 1. The van der Waals surface area contributed by atoms with Gasteiger partial charge in [0.25, 0.3) is 5.69 Å². The molecule has 7 nitrogen and oxygen atoms in total. The second-order valence-corrected chi connectivity index (χ2v) is 5.98. The van der Waals surface area contributed by atoms with Crippen LogP contribution in [-0.4, -0.2) is 23.6 Å². The zero-order chi connectivity index (χ0) is 19.2. The minimum Gasteiger partial charge on any atom is -0.493 e. The normalized spacial score (nSPS) is 10.6. The number of nitro benzene ring substituents is 1. The number of benzene rings is 2. The van der Waals surface area contributed by atoms with Crippen molar-refractivity contribution in [3.8, 4) is 11.5 Å². The number of fused-ring (bicyclic) bond motifs is 1. The number of nitrogens with zero attached hydrogens (tertiary/aromatic N) is 2. The summed E-state index contributed by atoms with van der Waals surface area (Å²) in [6.45, 7) is 3.20. The summed E-state index contributed by atoms with van der Waals surface area (Å²) in [6, 6.07) is 12.3. The van der Waals surface area contributed by atoms with Gasteiger partial charge in [-0.25, -0.2) is 0 Å². The number of nitrogens with one attached hydrogen (secondary N) is 1. The summed E-state index contributed by atoms with van der Waals surface area (Å²) in [5.74, 6) is 1.39. The van der Waals surface area contributed by atoms with Gasteiger partial charge in [0.1, 0.15) is 5.52 Å². The number of ether oxygens (including phenoxy) is 2. The van der Waals surface area contributed by atoms with Gasteiger partial charge in [0.2, 0.25) is 0 Å². The van der Waals surface area contributed by atoms with E-state index in [9.17, 15) is 10.1 Å². The van der Waals surface area contributed by atoms with Crippen molar-refractivity contribution in [3.05, 3.63) is 64.3 Å². The zero-order valence-corrected chi connectivity index (χ0v) is 15.3. The largest absolute Gasteiger partial charge is 0.493 e. The number of anilines is 1. The van der Waals surface area contributed by atoms with Crippen LogP contribution in [0.2, 0.25) is 0 Å². The molecule has 1 aromatic heterocycles. The highest BCUT2D eigenvalue weighted by Crippen LogP contribution is 2.31. The second-order valence-electron chi connectivity index (χ2n) is 5.98. The summed E-state index contributed by atoms with van der Waals surface area (Å²) in [5, 5.41) is 15.0. The van der Waals surface area contributed by atoms with E-state index in [2.05, 4.69) is 10.3 Å². The predicted molar refractivity (Wildman–Crippen MR) is 105 cm³/mol. The molecule has 0 amide bonds. The molecule has 0 radical (unpaired) electrons. The van der Waals surface area contributed by atoms with Gasteiger partial charge in [0, 0.05) is 18.8 Å². The Balaban J connectivity index is 1.83. The number of aromatic nitrogens is 1. The third kappa shape index (κ3) is 4.08. The van der Waals surface area contributed by atoms with Gasteiger partial charge in [-0.15, -0.1) is 0 Å². The number of methoxy groups -OCH3 is 1. The van der Waals surface area contributed by atoms with Gasteiger partial charge in [0.05, 0.1) is 29.7 Å². The van der Waals surface area contributed by atoms with Crippen LogP contribution in [0.25, 0.3) is 10.9 Å². The van der Waals surface area contributed by atoms with Gasteiger partial charge in [-0.2, -0.15) is 0 Å². The monoisotopic (exact) mass is 367 g/mol. The first kappa shape index (κ1) is 18.4. The van der Waals surface area contributed by atoms with Crippen molar-refractivity contribution >= 4 is 22.3 Å². The lowest BCUT2D eigenvalue weighted by Crippen LogP contribution is -2.03. The zero-order valence-electron chi connectivity index (χ0n) is 15.3. The van der Waals surface area contributed by atoms with Crippen LogP contribution in [0.4, 0.5) is 11.4 Å². The molecule has 2 aromatic carbocycles. The summed E-state index contributed by atoms with van der Waals surface area (Å²) in [5.41, 5.74) is 2.35. The van der Waals surface area contributed by atoms with Crippen molar-refractivity contribution in [1.82, 2.24) is 4.98 Å². The molecule has 0 unspecified atom stereocenters. The second kappa shape index (κ2) is 8.35. The van der Waals surface area contributed by atoms with Gasteiger partial charge in [-0.3, -0.25) is 15.1 Å². The highest BCUT2D eigenvalue weighted by Gasteiger charge is 2.15. The van der Waals surface area contributed by atoms with Crippen LogP contribution in [0.1, 0.15) is 18.9 Å². The third-order valence-corrected chi connectivity index (χ3v) is 4.12. The summed E-state index contributed by atoms with van der Waals surface area (Å²) in [7, 11) is 1.61. The van der Waals surface area contributed by atoms with Gasteiger partial charge >= 0.3 is 0 Å². The molecule has 0 aliphatic rings. The summed E-state index contributed by atoms with van der Waals surface area (Å²) in [4.78, 5) is 15.1. The number of pyridine rings is 1. The highest BCUT2D eigenvalue weighted by atomic mass is 16.6. The van der Waals surface area contributed by atoms with Crippen LogP contribution in [0, 0.1) is 10.1 Å². The van der Waals surface area contributed by atoms with E-state index < -0.39 is 4.92 Å². The third-order valence-electron chi connectivity index (χ3n) is 4.12. The predicted octanol–water partition coefficient (Wildman–Crippen LogP) is 4.55. The van der Waals surface area contributed by atoms with E-state index in [0.29, 0.717) is 35.6 Å². The van der Waals surface area contributed by atoms with Gasteiger partial charge in [-0.1, -0.05) is 13.0 Å². The van der Waals surface area contributed by atoms with E-state index in [1.165, 1.54) is 6.07 Å². The lowest BCUT2D eigenvalue weighted by Gasteiger charge is -2.13. The van der Waals surface area contributed by atoms with Gasteiger partial charge < -0.3 is 14.8 Å². The standard InChI is InChI=1S/C20H21N3O4/c1-3-11-27-18-9-6-14(12-19(18)26-2)13-22-16-7-8-17(23(24)25)15-5-4-10-21-20(15)16/h4-10,12,22H,3,11,13H2,1-2H3. The number of hydrogen-bond donors (Lipinski definition) is 1. The van der Waals surface area contributed by atoms with Crippen LogP contribution in [-0.2, 0) is 6.54 Å². The maximum atomic E-state index is 11.2. The van der Waals surface area contributed by atoms with Crippen LogP contribution in [0.3, 0.4) is 0 Å². The molecule has 0 aliphatic carbocycles. The van der Waals surface area contributed by atoms with Crippen molar-refractivity contribution in [2.24, 2.45) is 0 Å². The number of hydrogen-bond acceptors (Lipinski definition) is 6. The minimum absolute atomic E-state index is 0.0442. The molecule has 0 fully saturated rings. The van der Waals surface area contributed by atoms with Crippen molar-refractivity contribution in [2.75, 3.05) is 19.0 Å². The van der Waals surface area contributed by atoms with Gasteiger partial charge in [0.15, 0.2) is 11.5 Å². The van der Waals surface area contributed by atoms with E-state index >= 15 is 0 Å². The first-order valence-corrected chi connectivity index (χ1v) is 8.69. The minimum atomic E-state index is -0.395. The molecule has 27 heavy (non-hydrogen) atoms. The van der Waals surface area contributed by atoms with E-state index in [-0.39, 0.29) is 5.69 Å². The molecule has 3 rings (SSSR count). The molecule has 7 heteroatoms. The number of rotatable bonds is 8. The fourth-order valence-electron chi connectivity index (χ4n) is 2.81. The Bertz CT molecular complexity index is 959. The van der Waals surface area contributed by atoms with E-state index in [0.717, 1.165) is 17.7 Å². The summed E-state index contributed by atoms with van der Waals surface area (Å²) < 4.78 is 11.1. The maximum absolute atomic E-state index is 11.2. The SMILES string of the molecule is CCCOc1ccc(CNc2ccc([N+](=O)[O-])c3cccnc23)cc1OC.